The first-order valence-corrected chi connectivity index (χ1v) is 7.83. The SMILES string of the molecule is CC(C)(C)OC(=O)N1CC(=O)NCC(OCc2cccc(F)c2)C1. The van der Waals surface area contributed by atoms with E-state index in [0.29, 0.717) is 5.56 Å². The Labute approximate surface area is 140 Å². The maximum absolute atomic E-state index is 13.2. The fourth-order valence-corrected chi connectivity index (χ4v) is 2.25. The van der Waals surface area contributed by atoms with Crippen molar-refractivity contribution in [2.24, 2.45) is 0 Å². The fraction of sp³-hybridized carbons (Fsp3) is 0.529. The molecule has 2 amide bonds. The minimum Gasteiger partial charge on any atom is -0.444 e. The Kier molecular flexibility index (Phi) is 5.77. The van der Waals surface area contributed by atoms with Crippen molar-refractivity contribution in [3.8, 4) is 0 Å². The van der Waals surface area contributed by atoms with Crippen LogP contribution in [-0.4, -0.2) is 48.2 Å². The molecular weight excluding hydrogens is 315 g/mol. The molecule has 1 saturated heterocycles. The Morgan fingerprint density at radius 3 is 2.83 bits per heavy atom. The summed E-state index contributed by atoms with van der Waals surface area (Å²) in [6.07, 6.45) is -0.953. The monoisotopic (exact) mass is 338 g/mol. The summed E-state index contributed by atoms with van der Waals surface area (Å²) < 4.78 is 24.2. The maximum Gasteiger partial charge on any atom is 0.410 e. The zero-order valence-electron chi connectivity index (χ0n) is 14.2. The molecule has 132 valence electrons. The first-order chi connectivity index (χ1) is 11.2. The number of carbonyl (C=O) groups is 2. The second-order valence-electron chi connectivity index (χ2n) is 6.73. The summed E-state index contributed by atoms with van der Waals surface area (Å²) in [4.78, 5) is 25.3. The van der Waals surface area contributed by atoms with Gasteiger partial charge in [0.2, 0.25) is 5.91 Å². The smallest absolute Gasteiger partial charge is 0.410 e. The van der Waals surface area contributed by atoms with Gasteiger partial charge in [-0.15, -0.1) is 0 Å². The molecule has 1 aromatic rings. The van der Waals surface area contributed by atoms with E-state index in [0.717, 1.165) is 0 Å². The molecule has 1 unspecified atom stereocenters. The van der Waals surface area contributed by atoms with E-state index in [1.54, 1.807) is 32.9 Å². The van der Waals surface area contributed by atoms with Crippen molar-refractivity contribution in [2.45, 2.75) is 39.1 Å². The lowest BCUT2D eigenvalue weighted by molar-refractivity contribution is -0.121. The standard InChI is InChI=1S/C17H23FN2O4/c1-17(2,3)24-16(22)20-9-14(8-19-15(21)10-20)23-11-12-5-4-6-13(18)7-12/h4-7,14H,8-11H2,1-3H3,(H,19,21). The van der Waals surface area contributed by atoms with Crippen LogP contribution in [0.1, 0.15) is 26.3 Å². The molecule has 0 saturated carbocycles. The normalized spacial score (nSPS) is 18.8. The molecule has 1 aliphatic rings. The van der Waals surface area contributed by atoms with Crippen molar-refractivity contribution >= 4 is 12.0 Å². The Morgan fingerprint density at radius 2 is 2.17 bits per heavy atom. The van der Waals surface area contributed by atoms with E-state index in [9.17, 15) is 14.0 Å². The van der Waals surface area contributed by atoms with Crippen LogP contribution in [0.5, 0.6) is 0 Å². The van der Waals surface area contributed by atoms with Crippen LogP contribution in [0.2, 0.25) is 0 Å². The molecule has 1 aromatic carbocycles. The third-order valence-corrected chi connectivity index (χ3v) is 3.31. The highest BCUT2D eigenvalue weighted by Crippen LogP contribution is 2.13. The third kappa shape index (κ3) is 5.81. The molecule has 0 radical (unpaired) electrons. The number of amides is 2. The van der Waals surface area contributed by atoms with Crippen molar-refractivity contribution in [1.82, 2.24) is 10.2 Å². The number of benzene rings is 1. The van der Waals surface area contributed by atoms with Crippen LogP contribution in [0, 0.1) is 5.82 Å². The van der Waals surface area contributed by atoms with Gasteiger partial charge in [-0.1, -0.05) is 12.1 Å². The van der Waals surface area contributed by atoms with E-state index >= 15 is 0 Å². The van der Waals surface area contributed by atoms with Crippen molar-refractivity contribution < 1.29 is 23.5 Å². The predicted octanol–water partition coefficient (Wildman–Crippen LogP) is 2.08. The highest BCUT2D eigenvalue weighted by atomic mass is 19.1. The lowest BCUT2D eigenvalue weighted by Crippen LogP contribution is -2.42. The number of nitrogens with one attached hydrogen (secondary N) is 1. The molecule has 0 aromatic heterocycles. The van der Waals surface area contributed by atoms with Gasteiger partial charge in [0.25, 0.3) is 0 Å². The van der Waals surface area contributed by atoms with Gasteiger partial charge in [-0.3, -0.25) is 9.69 Å². The van der Waals surface area contributed by atoms with Gasteiger partial charge < -0.3 is 14.8 Å². The minimum atomic E-state index is -0.641. The topological polar surface area (TPSA) is 67.9 Å². The molecule has 0 spiro atoms. The zero-order valence-corrected chi connectivity index (χ0v) is 14.2. The lowest BCUT2D eigenvalue weighted by atomic mass is 10.2. The molecule has 1 heterocycles. The summed E-state index contributed by atoms with van der Waals surface area (Å²) in [5, 5.41) is 2.70. The van der Waals surface area contributed by atoms with Crippen LogP contribution in [0.3, 0.4) is 0 Å². The molecule has 7 heteroatoms. The van der Waals surface area contributed by atoms with Crippen LogP contribution in [0.4, 0.5) is 9.18 Å². The van der Waals surface area contributed by atoms with E-state index in [1.165, 1.54) is 17.0 Å². The van der Waals surface area contributed by atoms with Crippen LogP contribution in [0.25, 0.3) is 0 Å². The van der Waals surface area contributed by atoms with Crippen molar-refractivity contribution in [3.05, 3.63) is 35.6 Å². The van der Waals surface area contributed by atoms with E-state index in [4.69, 9.17) is 9.47 Å². The highest BCUT2D eigenvalue weighted by molar-refractivity contribution is 5.82. The second kappa shape index (κ2) is 7.61. The van der Waals surface area contributed by atoms with E-state index in [2.05, 4.69) is 5.32 Å². The number of hydrogen-bond acceptors (Lipinski definition) is 4. The van der Waals surface area contributed by atoms with E-state index in [-0.39, 0.29) is 38.0 Å². The van der Waals surface area contributed by atoms with Crippen molar-refractivity contribution in [1.29, 1.82) is 0 Å². The Bertz CT molecular complexity index is 600. The highest BCUT2D eigenvalue weighted by Gasteiger charge is 2.29. The molecule has 0 aliphatic carbocycles. The largest absolute Gasteiger partial charge is 0.444 e. The van der Waals surface area contributed by atoms with Gasteiger partial charge in [0, 0.05) is 6.54 Å². The molecule has 1 aliphatic heterocycles. The fourth-order valence-electron chi connectivity index (χ4n) is 2.25. The summed E-state index contributed by atoms with van der Waals surface area (Å²) in [6.45, 7) is 5.92. The van der Waals surface area contributed by atoms with Gasteiger partial charge in [0.15, 0.2) is 0 Å². The number of rotatable bonds is 3. The Balaban J connectivity index is 1.97. The molecular formula is C17H23FN2O4. The molecule has 1 atom stereocenters. The lowest BCUT2D eigenvalue weighted by Gasteiger charge is -2.27. The number of carbonyl (C=O) groups excluding carboxylic acids is 2. The predicted molar refractivity (Wildman–Crippen MR) is 85.8 cm³/mol. The number of ether oxygens (including phenoxy) is 2. The Hall–Kier alpha value is -2.15. The summed E-state index contributed by atoms with van der Waals surface area (Å²) in [5.41, 5.74) is 0.0482. The molecule has 24 heavy (non-hydrogen) atoms. The minimum absolute atomic E-state index is 0.0747. The second-order valence-corrected chi connectivity index (χ2v) is 6.73. The van der Waals surface area contributed by atoms with Crippen LogP contribution in [0.15, 0.2) is 24.3 Å². The summed E-state index contributed by atoms with van der Waals surface area (Å²) in [5.74, 6) is -0.599. The van der Waals surface area contributed by atoms with Gasteiger partial charge in [0.05, 0.1) is 19.3 Å². The maximum atomic E-state index is 13.2. The molecule has 2 rings (SSSR count). The van der Waals surface area contributed by atoms with Crippen molar-refractivity contribution in [3.63, 3.8) is 0 Å². The third-order valence-electron chi connectivity index (χ3n) is 3.31. The summed E-state index contributed by atoms with van der Waals surface area (Å²) >= 11 is 0. The van der Waals surface area contributed by atoms with E-state index in [1.807, 2.05) is 0 Å². The van der Waals surface area contributed by atoms with E-state index < -0.39 is 17.8 Å². The molecule has 0 bridgehead atoms. The number of halogens is 1. The van der Waals surface area contributed by atoms with Gasteiger partial charge >= 0.3 is 6.09 Å². The van der Waals surface area contributed by atoms with Crippen LogP contribution in [-0.2, 0) is 20.9 Å². The van der Waals surface area contributed by atoms with Gasteiger partial charge in [-0.25, -0.2) is 9.18 Å². The quantitative estimate of drug-likeness (QED) is 0.916. The van der Waals surface area contributed by atoms with Crippen LogP contribution < -0.4 is 5.32 Å². The number of nitrogens with zero attached hydrogens (tertiary/aromatic N) is 1. The first-order valence-electron chi connectivity index (χ1n) is 7.83. The van der Waals surface area contributed by atoms with Gasteiger partial charge in [0.1, 0.15) is 18.0 Å². The Morgan fingerprint density at radius 1 is 1.42 bits per heavy atom. The summed E-state index contributed by atoms with van der Waals surface area (Å²) in [7, 11) is 0. The summed E-state index contributed by atoms with van der Waals surface area (Å²) in [6, 6.07) is 6.11. The number of hydrogen-bond donors (Lipinski definition) is 1. The van der Waals surface area contributed by atoms with Crippen LogP contribution >= 0.6 is 0 Å². The molecule has 1 fully saturated rings. The first kappa shape index (κ1) is 18.2. The van der Waals surface area contributed by atoms with Crippen molar-refractivity contribution in [2.75, 3.05) is 19.6 Å². The molecule has 6 nitrogen and oxygen atoms in total. The average molecular weight is 338 g/mol. The van der Waals surface area contributed by atoms with Gasteiger partial charge in [-0.2, -0.15) is 0 Å². The van der Waals surface area contributed by atoms with Gasteiger partial charge in [-0.05, 0) is 38.5 Å². The average Bonchev–Trinajstić information content (AvgIpc) is 2.65. The molecule has 1 N–H and O–H groups in total. The zero-order chi connectivity index (χ0) is 17.7.